The Balaban J connectivity index is 3.09. The van der Waals surface area contributed by atoms with E-state index in [0.29, 0.717) is 10.3 Å². The fourth-order valence-corrected chi connectivity index (χ4v) is 1.22. The van der Waals surface area contributed by atoms with E-state index in [-0.39, 0.29) is 5.69 Å². The summed E-state index contributed by atoms with van der Waals surface area (Å²) in [6.07, 6.45) is 2.28. The highest BCUT2D eigenvalue weighted by atomic mass is 16.6. The third-order valence-electron chi connectivity index (χ3n) is 2.29. The van der Waals surface area contributed by atoms with Crippen molar-refractivity contribution in [3.05, 3.63) is 45.2 Å². The Morgan fingerprint density at radius 2 is 2.06 bits per heavy atom. The summed E-state index contributed by atoms with van der Waals surface area (Å²) >= 11 is 0. The second-order valence-corrected chi connectivity index (χ2v) is 4.21. The first-order chi connectivity index (χ1) is 8.36. The van der Waals surface area contributed by atoms with E-state index in [2.05, 4.69) is 5.16 Å². The summed E-state index contributed by atoms with van der Waals surface area (Å²) in [5.41, 5.74) is -0.733. The molecule has 1 rings (SSSR count). The molecule has 96 valence electrons. The largest absolute Gasteiger partial charge is 0.623 e. The Morgan fingerprint density at radius 1 is 1.39 bits per heavy atom. The first kappa shape index (κ1) is 13.6. The van der Waals surface area contributed by atoms with E-state index in [1.165, 1.54) is 24.4 Å². The highest BCUT2D eigenvalue weighted by molar-refractivity contribution is 5.78. The standard InChI is InChI=1S/C11H13N3O4/c1-11(2,8-12-15)13(16)7-9-4-3-5-10(6-9)14(17)18/h3-8,15H,1-2H3/b12-8+,13-7-. The number of benzene rings is 1. The highest BCUT2D eigenvalue weighted by Gasteiger charge is 2.24. The van der Waals surface area contributed by atoms with E-state index in [1.807, 2.05) is 0 Å². The van der Waals surface area contributed by atoms with Gasteiger partial charge in [0.15, 0.2) is 6.21 Å². The molecule has 0 aliphatic rings. The van der Waals surface area contributed by atoms with Gasteiger partial charge in [-0.2, -0.15) is 0 Å². The van der Waals surface area contributed by atoms with E-state index < -0.39 is 10.5 Å². The summed E-state index contributed by atoms with van der Waals surface area (Å²) in [4.78, 5) is 10.0. The molecule has 7 nitrogen and oxygen atoms in total. The van der Waals surface area contributed by atoms with E-state index in [0.717, 1.165) is 6.21 Å². The average molecular weight is 251 g/mol. The van der Waals surface area contributed by atoms with Crippen molar-refractivity contribution in [1.29, 1.82) is 0 Å². The summed E-state index contributed by atoms with van der Waals surface area (Å²) in [7, 11) is 0. The highest BCUT2D eigenvalue weighted by Crippen LogP contribution is 2.12. The number of nitro benzene ring substituents is 1. The predicted molar refractivity (Wildman–Crippen MR) is 66.2 cm³/mol. The Morgan fingerprint density at radius 3 is 2.61 bits per heavy atom. The van der Waals surface area contributed by atoms with Crippen LogP contribution in [0, 0.1) is 15.3 Å². The third-order valence-corrected chi connectivity index (χ3v) is 2.29. The maximum Gasteiger partial charge on any atom is 0.270 e. The quantitative estimate of drug-likeness (QED) is 0.220. The van der Waals surface area contributed by atoms with Gasteiger partial charge in [0.1, 0.15) is 6.21 Å². The number of nitro groups is 1. The van der Waals surface area contributed by atoms with Gasteiger partial charge in [0.05, 0.1) is 4.92 Å². The van der Waals surface area contributed by atoms with Gasteiger partial charge in [0, 0.05) is 31.5 Å². The topological polar surface area (TPSA) is 102 Å². The summed E-state index contributed by atoms with van der Waals surface area (Å²) < 4.78 is 0.561. The number of nitrogens with zero attached hydrogens (tertiary/aromatic N) is 3. The van der Waals surface area contributed by atoms with Crippen molar-refractivity contribution >= 4 is 18.1 Å². The minimum atomic E-state index is -1.04. The van der Waals surface area contributed by atoms with E-state index in [9.17, 15) is 15.3 Å². The van der Waals surface area contributed by atoms with Crippen molar-refractivity contribution in [2.24, 2.45) is 5.16 Å². The first-order valence-electron chi connectivity index (χ1n) is 5.11. The minimum absolute atomic E-state index is 0.0919. The fraction of sp³-hybridized carbons (Fsp3) is 0.273. The number of oxime groups is 1. The van der Waals surface area contributed by atoms with Crippen LogP contribution in [0.25, 0.3) is 0 Å². The molecule has 0 aromatic heterocycles. The Bertz CT molecular complexity index is 509. The van der Waals surface area contributed by atoms with Gasteiger partial charge < -0.3 is 10.4 Å². The van der Waals surface area contributed by atoms with Crippen molar-refractivity contribution in [2.75, 3.05) is 0 Å². The van der Waals surface area contributed by atoms with Gasteiger partial charge in [-0.25, -0.2) is 4.74 Å². The normalized spacial score (nSPS) is 12.9. The van der Waals surface area contributed by atoms with Crippen LogP contribution in [-0.4, -0.2) is 32.8 Å². The summed E-state index contributed by atoms with van der Waals surface area (Å²) in [5, 5.41) is 33.6. The Kier molecular flexibility index (Phi) is 3.98. The summed E-state index contributed by atoms with van der Waals surface area (Å²) in [6, 6.07) is 5.69. The summed E-state index contributed by atoms with van der Waals surface area (Å²) in [6.45, 7) is 3.10. The molecule has 0 aliphatic heterocycles. The van der Waals surface area contributed by atoms with Crippen LogP contribution in [0.15, 0.2) is 29.4 Å². The molecule has 0 spiro atoms. The Labute approximate surface area is 103 Å². The van der Waals surface area contributed by atoms with Crippen LogP contribution in [-0.2, 0) is 0 Å². The fourth-order valence-electron chi connectivity index (χ4n) is 1.22. The van der Waals surface area contributed by atoms with Crippen LogP contribution in [0.5, 0.6) is 0 Å². The lowest BCUT2D eigenvalue weighted by Gasteiger charge is -2.18. The third kappa shape index (κ3) is 3.27. The van der Waals surface area contributed by atoms with Crippen LogP contribution in [0.1, 0.15) is 19.4 Å². The molecule has 0 heterocycles. The molecule has 1 N–H and O–H groups in total. The lowest BCUT2D eigenvalue weighted by Crippen LogP contribution is -2.35. The first-order valence-corrected chi connectivity index (χ1v) is 5.11. The molecule has 18 heavy (non-hydrogen) atoms. The smallest absolute Gasteiger partial charge is 0.270 e. The number of rotatable bonds is 4. The van der Waals surface area contributed by atoms with Gasteiger partial charge in [-0.1, -0.05) is 11.2 Å². The molecule has 0 aliphatic carbocycles. The molecule has 1 aromatic carbocycles. The summed E-state index contributed by atoms with van der Waals surface area (Å²) in [5.74, 6) is 0. The lowest BCUT2D eigenvalue weighted by atomic mass is 10.1. The average Bonchev–Trinajstić information content (AvgIpc) is 2.29. The van der Waals surface area contributed by atoms with Crippen molar-refractivity contribution in [2.45, 2.75) is 19.4 Å². The maximum atomic E-state index is 11.8. The van der Waals surface area contributed by atoms with Gasteiger partial charge in [0.2, 0.25) is 5.54 Å². The second-order valence-electron chi connectivity index (χ2n) is 4.21. The van der Waals surface area contributed by atoms with Crippen molar-refractivity contribution in [3.8, 4) is 0 Å². The van der Waals surface area contributed by atoms with Crippen molar-refractivity contribution in [1.82, 2.24) is 0 Å². The number of hydroxylamine groups is 1. The molecule has 0 unspecified atom stereocenters. The van der Waals surface area contributed by atoms with Crippen LogP contribution in [0.2, 0.25) is 0 Å². The zero-order valence-electron chi connectivity index (χ0n) is 9.98. The molecular formula is C11H13N3O4. The molecule has 0 saturated heterocycles. The minimum Gasteiger partial charge on any atom is -0.623 e. The van der Waals surface area contributed by atoms with Gasteiger partial charge >= 0.3 is 0 Å². The van der Waals surface area contributed by atoms with Crippen LogP contribution < -0.4 is 0 Å². The monoisotopic (exact) mass is 251 g/mol. The van der Waals surface area contributed by atoms with E-state index >= 15 is 0 Å². The van der Waals surface area contributed by atoms with Crippen molar-refractivity contribution in [3.63, 3.8) is 0 Å². The number of non-ortho nitro benzene ring substituents is 1. The number of hydrogen-bond donors (Lipinski definition) is 1. The lowest BCUT2D eigenvalue weighted by molar-refractivity contribution is -0.511. The molecule has 7 heteroatoms. The van der Waals surface area contributed by atoms with E-state index in [1.54, 1.807) is 19.9 Å². The van der Waals surface area contributed by atoms with Gasteiger partial charge in [-0.15, -0.1) is 0 Å². The molecule has 0 saturated carbocycles. The zero-order chi connectivity index (χ0) is 13.8. The Hall–Kier alpha value is -2.44. The van der Waals surface area contributed by atoms with Gasteiger partial charge in [-0.05, 0) is 6.07 Å². The SMILES string of the molecule is CC(C)(/C=N/O)/[N+]([O-])=C/c1cccc([N+](=O)[O-])c1. The van der Waals surface area contributed by atoms with Gasteiger partial charge in [-0.3, -0.25) is 10.1 Å². The van der Waals surface area contributed by atoms with Crippen LogP contribution >= 0.6 is 0 Å². The molecule has 0 radical (unpaired) electrons. The molecule has 0 atom stereocenters. The maximum absolute atomic E-state index is 11.8. The molecule has 1 aromatic rings. The second kappa shape index (κ2) is 5.26. The van der Waals surface area contributed by atoms with Crippen LogP contribution in [0.3, 0.4) is 0 Å². The van der Waals surface area contributed by atoms with Gasteiger partial charge in [0.25, 0.3) is 5.69 Å². The molecule has 0 amide bonds. The van der Waals surface area contributed by atoms with Crippen LogP contribution in [0.4, 0.5) is 5.69 Å². The van der Waals surface area contributed by atoms with Crippen molar-refractivity contribution < 1.29 is 14.9 Å². The van der Waals surface area contributed by atoms with E-state index in [4.69, 9.17) is 5.21 Å². The zero-order valence-corrected chi connectivity index (χ0v) is 9.98. The predicted octanol–water partition coefficient (Wildman–Crippen LogP) is 1.76. The number of hydrogen-bond acceptors (Lipinski definition) is 5. The molecule has 0 fully saturated rings. The molecular weight excluding hydrogens is 238 g/mol. The molecule has 0 bridgehead atoms.